The van der Waals surface area contributed by atoms with Gasteiger partial charge in [-0.3, -0.25) is 4.79 Å². The molecule has 0 saturated carbocycles. The molecule has 18 heavy (non-hydrogen) atoms. The highest BCUT2D eigenvalue weighted by Crippen LogP contribution is 2.03. The van der Waals surface area contributed by atoms with Crippen molar-refractivity contribution >= 4 is 23.5 Å². The fourth-order valence-corrected chi connectivity index (χ4v) is 1.22. The predicted molar refractivity (Wildman–Crippen MR) is 66.8 cm³/mol. The number of carbonyl (C=O) groups excluding carboxylic acids is 1. The minimum Gasteiger partial charge on any atom is -0.480 e. The topological polar surface area (TPSA) is 102 Å². The lowest BCUT2D eigenvalue weighted by Gasteiger charge is -2.17. The Morgan fingerprint density at radius 2 is 2.11 bits per heavy atom. The molecule has 0 heterocycles. The molecular formula is C11H16ClN3O3. The Kier molecular flexibility index (Phi) is 7.56. The van der Waals surface area contributed by atoms with Gasteiger partial charge in [-0.15, -0.1) is 11.6 Å². The summed E-state index contributed by atoms with van der Waals surface area (Å²) in [5.41, 5.74) is -0.188. The molecule has 7 heteroatoms. The lowest BCUT2D eigenvalue weighted by Crippen LogP contribution is -2.44. The maximum atomic E-state index is 11.6. The molecule has 6 nitrogen and oxygen atoms in total. The molecular weight excluding hydrogens is 258 g/mol. The molecule has 0 aromatic heterocycles. The second-order valence-electron chi connectivity index (χ2n) is 3.85. The number of carbonyl (C=O) groups is 2. The van der Waals surface area contributed by atoms with Crippen LogP contribution in [0.2, 0.25) is 0 Å². The van der Waals surface area contributed by atoms with Crippen LogP contribution in [0, 0.1) is 17.2 Å². The van der Waals surface area contributed by atoms with Gasteiger partial charge in [-0.25, -0.2) is 4.79 Å². The van der Waals surface area contributed by atoms with Crippen LogP contribution < -0.4 is 10.6 Å². The van der Waals surface area contributed by atoms with Crippen LogP contribution in [0.3, 0.4) is 0 Å². The molecule has 0 aromatic carbocycles. The van der Waals surface area contributed by atoms with Crippen molar-refractivity contribution in [2.75, 3.05) is 12.4 Å². The number of carboxylic acids is 1. The van der Waals surface area contributed by atoms with Gasteiger partial charge in [-0.1, -0.05) is 13.8 Å². The van der Waals surface area contributed by atoms with Crippen molar-refractivity contribution in [2.24, 2.45) is 5.92 Å². The Labute approximate surface area is 111 Å². The van der Waals surface area contributed by atoms with Crippen molar-refractivity contribution in [3.8, 4) is 6.07 Å². The number of alkyl halides is 1. The Morgan fingerprint density at radius 3 is 2.50 bits per heavy atom. The van der Waals surface area contributed by atoms with Crippen molar-refractivity contribution in [3.63, 3.8) is 0 Å². The molecule has 1 atom stereocenters. The lowest BCUT2D eigenvalue weighted by molar-refractivity contribution is -0.142. The maximum Gasteiger partial charge on any atom is 0.326 e. The van der Waals surface area contributed by atoms with Crippen molar-refractivity contribution in [1.82, 2.24) is 10.6 Å². The van der Waals surface area contributed by atoms with E-state index in [9.17, 15) is 9.59 Å². The number of aliphatic carboxylic acids is 1. The third-order valence-electron chi connectivity index (χ3n) is 2.07. The average Bonchev–Trinajstić information content (AvgIpc) is 2.30. The summed E-state index contributed by atoms with van der Waals surface area (Å²) < 4.78 is 0. The largest absolute Gasteiger partial charge is 0.480 e. The van der Waals surface area contributed by atoms with Gasteiger partial charge in [-0.05, 0) is 5.92 Å². The average molecular weight is 274 g/mol. The van der Waals surface area contributed by atoms with Crippen molar-refractivity contribution in [2.45, 2.75) is 19.9 Å². The Bertz CT molecular complexity index is 374. The molecule has 0 aliphatic carbocycles. The van der Waals surface area contributed by atoms with Crippen LogP contribution in [0.15, 0.2) is 11.8 Å². The summed E-state index contributed by atoms with van der Waals surface area (Å²) >= 11 is 5.42. The third kappa shape index (κ3) is 5.55. The molecule has 3 N–H and O–H groups in total. The number of halogens is 1. The first-order chi connectivity index (χ1) is 8.43. The molecule has 1 unspecified atom stereocenters. The second kappa shape index (κ2) is 8.37. The quantitative estimate of drug-likeness (QED) is 0.270. The molecule has 0 radical (unpaired) electrons. The normalized spacial score (nSPS) is 12.7. The van der Waals surface area contributed by atoms with Crippen LogP contribution in [0.1, 0.15) is 13.8 Å². The van der Waals surface area contributed by atoms with Crippen LogP contribution in [0.5, 0.6) is 0 Å². The molecule has 0 fully saturated rings. The number of hydrogen-bond donors (Lipinski definition) is 3. The summed E-state index contributed by atoms with van der Waals surface area (Å²) in [6.45, 7) is 3.74. The van der Waals surface area contributed by atoms with E-state index in [4.69, 9.17) is 22.0 Å². The number of nitrogens with one attached hydrogen (secondary N) is 2. The fourth-order valence-electron chi connectivity index (χ4n) is 1.11. The van der Waals surface area contributed by atoms with Gasteiger partial charge in [0, 0.05) is 18.6 Å². The van der Waals surface area contributed by atoms with E-state index in [1.807, 2.05) is 0 Å². The van der Waals surface area contributed by atoms with Crippen LogP contribution in [-0.2, 0) is 9.59 Å². The van der Waals surface area contributed by atoms with Gasteiger partial charge in [0.05, 0.1) is 0 Å². The van der Waals surface area contributed by atoms with Crippen LogP contribution in [0.25, 0.3) is 0 Å². The molecule has 100 valence electrons. The molecule has 0 aliphatic heterocycles. The minimum absolute atomic E-state index is 0.188. The monoisotopic (exact) mass is 273 g/mol. The highest BCUT2D eigenvalue weighted by atomic mass is 35.5. The van der Waals surface area contributed by atoms with E-state index < -0.39 is 17.9 Å². The second-order valence-corrected chi connectivity index (χ2v) is 4.22. The molecule has 0 bridgehead atoms. The smallest absolute Gasteiger partial charge is 0.326 e. The van der Waals surface area contributed by atoms with Crippen LogP contribution >= 0.6 is 11.6 Å². The van der Waals surface area contributed by atoms with Crippen molar-refractivity contribution < 1.29 is 14.7 Å². The zero-order valence-electron chi connectivity index (χ0n) is 10.2. The lowest BCUT2D eigenvalue weighted by atomic mass is 10.0. The van der Waals surface area contributed by atoms with Gasteiger partial charge in [0.2, 0.25) is 0 Å². The fraction of sp³-hybridized carbons (Fsp3) is 0.545. The van der Waals surface area contributed by atoms with E-state index in [0.29, 0.717) is 12.4 Å². The van der Waals surface area contributed by atoms with E-state index >= 15 is 0 Å². The maximum absolute atomic E-state index is 11.6. The molecule has 0 spiro atoms. The van der Waals surface area contributed by atoms with Crippen LogP contribution in [-0.4, -0.2) is 35.4 Å². The summed E-state index contributed by atoms with van der Waals surface area (Å²) in [5.74, 6) is -1.80. The van der Waals surface area contributed by atoms with E-state index in [1.165, 1.54) is 6.20 Å². The summed E-state index contributed by atoms with van der Waals surface area (Å²) in [4.78, 5) is 22.5. The number of hydrogen-bond acceptors (Lipinski definition) is 4. The number of nitrogens with zero attached hydrogens (tertiary/aromatic N) is 1. The Balaban J connectivity index is 4.66. The predicted octanol–water partition coefficient (Wildman–Crippen LogP) is 0.448. The van der Waals surface area contributed by atoms with Gasteiger partial charge >= 0.3 is 5.97 Å². The SMILES string of the molecule is CC(C)C(NC(=O)/C(C#N)=C\NCCCl)C(=O)O. The first-order valence-corrected chi connectivity index (χ1v) is 5.90. The summed E-state index contributed by atoms with van der Waals surface area (Å²) in [6, 6.07) is 0.669. The van der Waals surface area contributed by atoms with Gasteiger partial charge < -0.3 is 15.7 Å². The van der Waals surface area contributed by atoms with E-state index in [1.54, 1.807) is 19.9 Å². The van der Waals surface area contributed by atoms with Gasteiger partial charge in [0.1, 0.15) is 17.7 Å². The van der Waals surface area contributed by atoms with Crippen molar-refractivity contribution in [3.05, 3.63) is 11.8 Å². The summed E-state index contributed by atoms with van der Waals surface area (Å²) in [7, 11) is 0. The number of rotatable bonds is 7. The standard InChI is InChI=1S/C11H16ClN3O3/c1-7(2)9(11(17)18)15-10(16)8(5-13)6-14-4-3-12/h6-7,9,14H,3-4H2,1-2H3,(H,15,16)(H,17,18)/b8-6-. The molecule has 0 rings (SSSR count). The number of carboxylic acid groups (broad SMARTS) is 1. The number of nitriles is 1. The van der Waals surface area contributed by atoms with Crippen molar-refractivity contribution in [1.29, 1.82) is 5.26 Å². The zero-order chi connectivity index (χ0) is 14.1. The zero-order valence-corrected chi connectivity index (χ0v) is 11.0. The highest BCUT2D eigenvalue weighted by Gasteiger charge is 2.24. The van der Waals surface area contributed by atoms with Crippen LogP contribution in [0.4, 0.5) is 0 Å². The Hall–Kier alpha value is -1.74. The van der Waals surface area contributed by atoms with E-state index in [0.717, 1.165) is 0 Å². The Morgan fingerprint density at radius 1 is 1.50 bits per heavy atom. The highest BCUT2D eigenvalue weighted by molar-refractivity contribution is 6.18. The summed E-state index contributed by atoms with van der Waals surface area (Å²) in [6.07, 6.45) is 1.22. The van der Waals surface area contributed by atoms with E-state index in [-0.39, 0.29) is 11.5 Å². The minimum atomic E-state index is -1.13. The molecule has 0 saturated heterocycles. The molecule has 0 aromatic rings. The van der Waals surface area contributed by atoms with Gasteiger partial charge in [0.15, 0.2) is 0 Å². The first kappa shape index (κ1) is 16.3. The summed E-state index contributed by atoms with van der Waals surface area (Å²) in [5, 5.41) is 22.7. The van der Waals surface area contributed by atoms with E-state index in [2.05, 4.69) is 10.6 Å². The third-order valence-corrected chi connectivity index (χ3v) is 2.26. The van der Waals surface area contributed by atoms with Gasteiger partial charge in [-0.2, -0.15) is 5.26 Å². The number of amides is 1. The first-order valence-electron chi connectivity index (χ1n) is 5.37. The van der Waals surface area contributed by atoms with Gasteiger partial charge in [0.25, 0.3) is 5.91 Å². The molecule has 1 amide bonds. The molecule has 0 aliphatic rings.